The van der Waals surface area contributed by atoms with Gasteiger partial charge in [-0.15, -0.1) is 0 Å². The molecule has 0 aliphatic heterocycles. The van der Waals surface area contributed by atoms with Gasteiger partial charge < -0.3 is 15.0 Å². The molecule has 3 aromatic carbocycles. The fourth-order valence-electron chi connectivity index (χ4n) is 4.13. The molecule has 0 fully saturated rings. The summed E-state index contributed by atoms with van der Waals surface area (Å²) in [5.74, 6) is -0.596. The normalized spacial score (nSPS) is 12.1. The van der Waals surface area contributed by atoms with Gasteiger partial charge in [-0.2, -0.15) is 0 Å². The number of carbonyl (C=O) groups is 2. The van der Waals surface area contributed by atoms with Crippen molar-refractivity contribution < 1.29 is 27.1 Å². The third-order valence-electron chi connectivity index (χ3n) is 6.31. The van der Waals surface area contributed by atoms with E-state index in [-0.39, 0.29) is 29.0 Å². The Morgan fingerprint density at radius 1 is 0.950 bits per heavy atom. The molecule has 8 nitrogen and oxygen atoms in total. The van der Waals surface area contributed by atoms with E-state index < -0.39 is 34.3 Å². The number of ether oxygens (including phenoxy) is 1. The zero-order valence-electron chi connectivity index (χ0n) is 23.2. The summed E-state index contributed by atoms with van der Waals surface area (Å²) >= 11 is 0. The average molecular weight is 570 g/mol. The van der Waals surface area contributed by atoms with E-state index in [1.165, 1.54) is 29.2 Å². The summed E-state index contributed by atoms with van der Waals surface area (Å²) in [6.45, 7) is 5.65. The smallest absolute Gasteiger partial charge is 0.264 e. The van der Waals surface area contributed by atoms with E-state index in [9.17, 15) is 22.4 Å². The van der Waals surface area contributed by atoms with Gasteiger partial charge in [0.15, 0.2) is 0 Å². The van der Waals surface area contributed by atoms with Crippen LogP contribution in [0, 0.1) is 11.7 Å². The summed E-state index contributed by atoms with van der Waals surface area (Å²) < 4.78 is 47.4. The van der Waals surface area contributed by atoms with Crippen molar-refractivity contribution in [2.24, 2.45) is 5.92 Å². The Hall–Kier alpha value is -3.92. The molecule has 0 heterocycles. The van der Waals surface area contributed by atoms with E-state index >= 15 is 0 Å². The van der Waals surface area contributed by atoms with Gasteiger partial charge in [0.25, 0.3) is 10.0 Å². The van der Waals surface area contributed by atoms with Crippen LogP contribution >= 0.6 is 0 Å². The van der Waals surface area contributed by atoms with Crippen LogP contribution in [0.15, 0.2) is 83.8 Å². The summed E-state index contributed by atoms with van der Waals surface area (Å²) in [7, 11) is -2.66. The Kier molecular flexibility index (Phi) is 10.7. The van der Waals surface area contributed by atoms with Crippen LogP contribution in [0.1, 0.15) is 32.8 Å². The van der Waals surface area contributed by atoms with Crippen molar-refractivity contribution in [3.05, 3.63) is 90.2 Å². The molecule has 0 saturated carbocycles. The molecule has 0 aliphatic carbocycles. The molecule has 0 aliphatic rings. The molecule has 1 N–H and O–H groups in total. The van der Waals surface area contributed by atoms with Gasteiger partial charge in [0.1, 0.15) is 24.2 Å². The minimum Gasteiger partial charge on any atom is -0.497 e. The summed E-state index contributed by atoms with van der Waals surface area (Å²) in [5, 5.41) is 2.89. The van der Waals surface area contributed by atoms with Crippen molar-refractivity contribution in [2.75, 3.05) is 24.5 Å². The molecule has 0 saturated heterocycles. The highest BCUT2D eigenvalue weighted by Gasteiger charge is 2.33. The van der Waals surface area contributed by atoms with E-state index in [4.69, 9.17) is 4.74 Å². The second-order valence-electron chi connectivity index (χ2n) is 9.73. The van der Waals surface area contributed by atoms with Gasteiger partial charge in [0.05, 0.1) is 17.7 Å². The van der Waals surface area contributed by atoms with E-state index in [0.29, 0.717) is 18.7 Å². The summed E-state index contributed by atoms with van der Waals surface area (Å²) in [4.78, 5) is 28.6. The van der Waals surface area contributed by atoms with Gasteiger partial charge >= 0.3 is 0 Å². The number of methoxy groups -OCH3 is 1. The van der Waals surface area contributed by atoms with Gasteiger partial charge in [-0.1, -0.05) is 51.1 Å². The minimum atomic E-state index is -4.21. The van der Waals surface area contributed by atoms with Gasteiger partial charge in [0, 0.05) is 13.1 Å². The number of hydrogen-bond donors (Lipinski definition) is 1. The molecule has 0 radical (unpaired) electrons. The molecule has 10 heteroatoms. The number of anilines is 1. The van der Waals surface area contributed by atoms with Crippen LogP contribution < -0.4 is 14.4 Å². The molecule has 0 spiro atoms. The van der Waals surface area contributed by atoms with Crippen LogP contribution in [0.4, 0.5) is 10.1 Å². The number of hydrogen-bond acceptors (Lipinski definition) is 5. The second-order valence-corrected chi connectivity index (χ2v) is 11.6. The van der Waals surface area contributed by atoms with Crippen molar-refractivity contribution in [3.8, 4) is 5.75 Å². The lowest BCUT2D eigenvalue weighted by atomic mass is 10.1. The van der Waals surface area contributed by atoms with Gasteiger partial charge in [-0.05, 0) is 66.4 Å². The Bertz CT molecular complexity index is 1360. The first-order valence-corrected chi connectivity index (χ1v) is 14.5. The zero-order chi connectivity index (χ0) is 29.3. The first kappa shape index (κ1) is 30.6. The van der Waals surface area contributed by atoms with Crippen LogP contribution in [-0.4, -0.2) is 51.4 Å². The summed E-state index contributed by atoms with van der Waals surface area (Å²) in [6, 6.07) is 18.8. The van der Waals surface area contributed by atoms with Gasteiger partial charge in [-0.25, -0.2) is 12.8 Å². The Morgan fingerprint density at radius 3 is 2.12 bits per heavy atom. The predicted molar refractivity (Wildman–Crippen MR) is 153 cm³/mol. The highest BCUT2D eigenvalue weighted by molar-refractivity contribution is 7.92. The SMILES string of the molecule is CC[C@H](C(=O)NCC(C)C)N(Cc1ccc(OC)cc1)C(=O)CN(c1ccc(F)cc1)S(=O)(=O)c1ccccc1. The third kappa shape index (κ3) is 7.81. The quantitative estimate of drug-likeness (QED) is 0.324. The average Bonchev–Trinajstić information content (AvgIpc) is 2.95. The molecule has 3 rings (SSSR count). The number of rotatable bonds is 13. The number of carbonyl (C=O) groups excluding carboxylic acids is 2. The van der Waals surface area contributed by atoms with Crippen molar-refractivity contribution in [1.82, 2.24) is 10.2 Å². The Morgan fingerprint density at radius 2 is 1.57 bits per heavy atom. The predicted octanol–water partition coefficient (Wildman–Crippen LogP) is 4.61. The second kappa shape index (κ2) is 13.9. The molecule has 214 valence electrons. The highest BCUT2D eigenvalue weighted by atomic mass is 32.2. The van der Waals surface area contributed by atoms with Crippen molar-refractivity contribution in [3.63, 3.8) is 0 Å². The maximum Gasteiger partial charge on any atom is 0.264 e. The molecule has 0 bridgehead atoms. The van der Waals surface area contributed by atoms with Crippen LogP contribution in [0.3, 0.4) is 0 Å². The number of benzene rings is 3. The molecular weight excluding hydrogens is 533 g/mol. The Balaban J connectivity index is 2.02. The summed E-state index contributed by atoms with van der Waals surface area (Å²) in [5.41, 5.74) is 0.865. The van der Waals surface area contributed by atoms with Crippen molar-refractivity contribution in [1.29, 1.82) is 0 Å². The molecule has 0 aromatic heterocycles. The van der Waals surface area contributed by atoms with E-state index in [0.717, 1.165) is 22.0 Å². The fraction of sp³-hybridized carbons (Fsp3) is 0.333. The first-order chi connectivity index (χ1) is 19.1. The zero-order valence-corrected chi connectivity index (χ0v) is 24.0. The van der Waals surface area contributed by atoms with E-state index in [2.05, 4.69) is 5.32 Å². The van der Waals surface area contributed by atoms with Crippen LogP contribution in [0.5, 0.6) is 5.75 Å². The number of nitrogens with one attached hydrogen (secondary N) is 1. The van der Waals surface area contributed by atoms with E-state index in [1.807, 2.05) is 13.8 Å². The number of halogens is 1. The number of nitrogens with zero attached hydrogens (tertiary/aromatic N) is 2. The maximum atomic E-state index is 14.0. The largest absolute Gasteiger partial charge is 0.497 e. The van der Waals surface area contributed by atoms with Crippen LogP contribution in [0.25, 0.3) is 0 Å². The number of amides is 2. The molecular formula is C30H36FN3O5S. The number of sulfonamides is 1. The molecule has 1 atom stereocenters. The monoisotopic (exact) mass is 569 g/mol. The minimum absolute atomic E-state index is 0.0180. The van der Waals surface area contributed by atoms with Gasteiger partial charge in [-0.3, -0.25) is 13.9 Å². The maximum absolute atomic E-state index is 14.0. The highest BCUT2D eigenvalue weighted by Crippen LogP contribution is 2.25. The lowest BCUT2D eigenvalue weighted by Gasteiger charge is -2.33. The van der Waals surface area contributed by atoms with Crippen molar-refractivity contribution in [2.45, 2.75) is 44.7 Å². The lowest BCUT2D eigenvalue weighted by Crippen LogP contribution is -2.52. The van der Waals surface area contributed by atoms with E-state index in [1.54, 1.807) is 56.5 Å². The third-order valence-corrected chi connectivity index (χ3v) is 8.10. The molecule has 3 aromatic rings. The summed E-state index contributed by atoms with van der Waals surface area (Å²) in [6.07, 6.45) is 0.313. The standard InChI is InChI=1S/C30H36FN3O5S/c1-5-28(30(36)32-19-22(2)3)33(20-23-11-17-26(39-4)18-12-23)29(35)21-34(25-15-13-24(31)14-16-25)40(37,38)27-9-7-6-8-10-27/h6-18,22,28H,5,19-21H2,1-4H3,(H,32,36)/t28-/m1/s1. The van der Waals surface area contributed by atoms with Crippen LogP contribution in [-0.2, 0) is 26.2 Å². The lowest BCUT2D eigenvalue weighted by molar-refractivity contribution is -0.140. The molecule has 40 heavy (non-hydrogen) atoms. The Labute approximate surface area is 235 Å². The fourth-order valence-corrected chi connectivity index (χ4v) is 5.56. The molecule has 2 amide bonds. The molecule has 0 unspecified atom stereocenters. The van der Waals surface area contributed by atoms with Crippen molar-refractivity contribution >= 4 is 27.5 Å². The van der Waals surface area contributed by atoms with Crippen LogP contribution in [0.2, 0.25) is 0 Å². The van der Waals surface area contributed by atoms with Gasteiger partial charge in [0.2, 0.25) is 11.8 Å². The first-order valence-electron chi connectivity index (χ1n) is 13.1. The topological polar surface area (TPSA) is 96.0 Å².